The topological polar surface area (TPSA) is 33.2 Å². The van der Waals surface area contributed by atoms with Crippen LogP contribution in [0.1, 0.15) is 48.6 Å². The maximum Gasteiger partial charge on any atom is 0.223 e. The van der Waals surface area contributed by atoms with Gasteiger partial charge in [-0.3, -0.25) is 4.79 Å². The van der Waals surface area contributed by atoms with E-state index in [0.29, 0.717) is 12.3 Å². The Kier molecular flexibility index (Phi) is 5.02. The van der Waals surface area contributed by atoms with Crippen LogP contribution in [0.4, 0.5) is 0 Å². The third-order valence-corrected chi connectivity index (χ3v) is 6.48. The zero-order valence-electron chi connectivity index (χ0n) is 15.1. The summed E-state index contributed by atoms with van der Waals surface area (Å²) in [4.78, 5) is 19.7. The summed E-state index contributed by atoms with van der Waals surface area (Å²) in [5.41, 5.74) is 2.31. The second-order valence-corrected chi connectivity index (χ2v) is 8.28. The predicted molar refractivity (Wildman–Crippen MR) is 108 cm³/mol. The molecule has 4 heteroatoms. The van der Waals surface area contributed by atoms with E-state index >= 15 is 0 Å². The number of aromatic nitrogens is 1. The van der Waals surface area contributed by atoms with Crippen LogP contribution < -0.4 is 0 Å². The summed E-state index contributed by atoms with van der Waals surface area (Å²) in [6, 6.07) is 18.6. The molecule has 0 N–H and O–H groups in total. The van der Waals surface area contributed by atoms with Gasteiger partial charge in [0.25, 0.3) is 0 Å². The Balaban J connectivity index is 1.43. The van der Waals surface area contributed by atoms with Gasteiger partial charge < -0.3 is 4.90 Å². The molecule has 2 aromatic carbocycles. The highest BCUT2D eigenvalue weighted by molar-refractivity contribution is 7.18. The fourth-order valence-electron chi connectivity index (χ4n) is 3.76. The molecule has 1 saturated heterocycles. The number of thiazole rings is 1. The SMILES string of the molecule is C[C@H](CC(=O)N1CCC[C@H](c2nc3ccccc3s2)C1)c1ccccc1. The standard InChI is InChI=1S/C22H24N2OS/c1-16(17-8-3-2-4-9-17)14-21(25)24-13-7-10-18(15-24)22-23-19-11-5-6-12-20(19)26-22/h2-6,8-9,11-12,16,18H,7,10,13-15H2,1H3/t16-,18+/m1/s1. The molecule has 1 aromatic heterocycles. The molecule has 1 aliphatic rings. The number of fused-ring (bicyclic) bond motifs is 1. The predicted octanol–water partition coefficient (Wildman–Crippen LogP) is 5.20. The molecule has 0 unspecified atom stereocenters. The molecule has 0 spiro atoms. The Labute approximate surface area is 158 Å². The quantitative estimate of drug-likeness (QED) is 0.638. The van der Waals surface area contributed by atoms with E-state index in [0.717, 1.165) is 31.4 Å². The molecule has 2 heterocycles. The zero-order valence-corrected chi connectivity index (χ0v) is 15.9. The third-order valence-electron chi connectivity index (χ3n) is 5.28. The van der Waals surface area contributed by atoms with Gasteiger partial charge >= 0.3 is 0 Å². The smallest absolute Gasteiger partial charge is 0.223 e. The molecule has 4 rings (SSSR count). The maximum atomic E-state index is 12.8. The molecular formula is C22H24N2OS. The average Bonchev–Trinajstić information content (AvgIpc) is 3.13. The minimum absolute atomic E-state index is 0.256. The second-order valence-electron chi connectivity index (χ2n) is 7.21. The van der Waals surface area contributed by atoms with Crippen LogP contribution in [0.3, 0.4) is 0 Å². The molecule has 2 atom stereocenters. The van der Waals surface area contributed by atoms with Crippen LogP contribution in [0, 0.1) is 0 Å². The highest BCUT2D eigenvalue weighted by Crippen LogP contribution is 2.33. The highest BCUT2D eigenvalue weighted by atomic mass is 32.1. The number of hydrogen-bond acceptors (Lipinski definition) is 3. The van der Waals surface area contributed by atoms with Crippen LogP contribution in [-0.4, -0.2) is 28.9 Å². The lowest BCUT2D eigenvalue weighted by Gasteiger charge is -2.32. The summed E-state index contributed by atoms with van der Waals surface area (Å²) in [5.74, 6) is 0.899. The van der Waals surface area contributed by atoms with Crippen molar-refractivity contribution >= 4 is 27.5 Å². The Bertz CT molecular complexity index is 856. The number of piperidine rings is 1. The second kappa shape index (κ2) is 7.58. The molecule has 0 radical (unpaired) electrons. The fraction of sp³-hybridized carbons (Fsp3) is 0.364. The number of likely N-dealkylation sites (tertiary alicyclic amines) is 1. The highest BCUT2D eigenvalue weighted by Gasteiger charge is 2.27. The van der Waals surface area contributed by atoms with Crippen molar-refractivity contribution in [3.05, 3.63) is 65.2 Å². The number of hydrogen-bond donors (Lipinski definition) is 0. The fourth-order valence-corrected chi connectivity index (χ4v) is 4.85. The molecule has 1 aliphatic heterocycles. The number of para-hydroxylation sites is 1. The number of carbonyl (C=O) groups excluding carboxylic acids is 1. The lowest BCUT2D eigenvalue weighted by atomic mass is 9.95. The van der Waals surface area contributed by atoms with Crippen molar-refractivity contribution in [2.45, 2.75) is 38.0 Å². The van der Waals surface area contributed by atoms with Crippen LogP contribution in [-0.2, 0) is 4.79 Å². The van der Waals surface area contributed by atoms with Crippen molar-refractivity contribution in [1.82, 2.24) is 9.88 Å². The van der Waals surface area contributed by atoms with Crippen LogP contribution >= 0.6 is 11.3 Å². The monoisotopic (exact) mass is 364 g/mol. The number of rotatable bonds is 4. The number of amides is 1. The van der Waals surface area contributed by atoms with Gasteiger partial charge in [-0.05, 0) is 36.5 Å². The molecule has 1 fully saturated rings. The summed E-state index contributed by atoms with van der Waals surface area (Å²) in [7, 11) is 0. The van der Waals surface area contributed by atoms with Gasteiger partial charge in [-0.2, -0.15) is 0 Å². The summed E-state index contributed by atoms with van der Waals surface area (Å²) in [6.45, 7) is 3.82. The first-order valence-electron chi connectivity index (χ1n) is 9.39. The van der Waals surface area contributed by atoms with E-state index in [1.807, 2.05) is 24.3 Å². The molecule has 3 nitrogen and oxygen atoms in total. The Morgan fingerprint density at radius 2 is 1.96 bits per heavy atom. The average molecular weight is 365 g/mol. The van der Waals surface area contributed by atoms with Gasteiger partial charge in [0.05, 0.1) is 15.2 Å². The van der Waals surface area contributed by atoms with E-state index in [2.05, 4.69) is 42.2 Å². The zero-order chi connectivity index (χ0) is 17.9. The summed E-state index contributed by atoms with van der Waals surface area (Å²) in [6.07, 6.45) is 2.76. The van der Waals surface area contributed by atoms with E-state index < -0.39 is 0 Å². The van der Waals surface area contributed by atoms with E-state index in [1.54, 1.807) is 11.3 Å². The van der Waals surface area contributed by atoms with Crippen molar-refractivity contribution in [1.29, 1.82) is 0 Å². The molecule has 134 valence electrons. The van der Waals surface area contributed by atoms with Gasteiger partial charge in [-0.15, -0.1) is 11.3 Å². The largest absolute Gasteiger partial charge is 0.342 e. The van der Waals surface area contributed by atoms with Crippen molar-refractivity contribution in [3.63, 3.8) is 0 Å². The van der Waals surface area contributed by atoms with Gasteiger partial charge in [0.1, 0.15) is 0 Å². The molecule has 0 aliphatic carbocycles. The van der Waals surface area contributed by atoms with Gasteiger partial charge in [0.15, 0.2) is 0 Å². The number of benzene rings is 2. The molecule has 1 amide bonds. The summed E-state index contributed by atoms with van der Waals surface area (Å²) < 4.78 is 1.24. The van der Waals surface area contributed by atoms with Crippen molar-refractivity contribution in [2.24, 2.45) is 0 Å². The Morgan fingerprint density at radius 3 is 2.77 bits per heavy atom. The lowest BCUT2D eigenvalue weighted by Crippen LogP contribution is -2.39. The maximum absolute atomic E-state index is 12.8. The number of nitrogens with zero attached hydrogens (tertiary/aromatic N) is 2. The van der Waals surface area contributed by atoms with Gasteiger partial charge in [-0.1, -0.05) is 49.4 Å². The lowest BCUT2D eigenvalue weighted by molar-refractivity contribution is -0.132. The number of carbonyl (C=O) groups is 1. The molecule has 26 heavy (non-hydrogen) atoms. The van der Waals surface area contributed by atoms with Crippen LogP contribution in [0.15, 0.2) is 54.6 Å². The van der Waals surface area contributed by atoms with Crippen LogP contribution in [0.25, 0.3) is 10.2 Å². The van der Waals surface area contributed by atoms with E-state index in [-0.39, 0.29) is 11.8 Å². The van der Waals surface area contributed by atoms with Crippen molar-refractivity contribution in [2.75, 3.05) is 13.1 Å². The summed E-state index contributed by atoms with van der Waals surface area (Å²) in [5, 5.41) is 1.18. The van der Waals surface area contributed by atoms with Gasteiger partial charge in [0.2, 0.25) is 5.91 Å². The van der Waals surface area contributed by atoms with Gasteiger partial charge in [-0.25, -0.2) is 4.98 Å². The van der Waals surface area contributed by atoms with Crippen molar-refractivity contribution < 1.29 is 4.79 Å². The van der Waals surface area contributed by atoms with Crippen molar-refractivity contribution in [3.8, 4) is 0 Å². The molecule has 0 bridgehead atoms. The van der Waals surface area contributed by atoms with E-state index in [1.165, 1.54) is 15.3 Å². The summed E-state index contributed by atoms with van der Waals surface area (Å²) >= 11 is 1.78. The first-order chi connectivity index (χ1) is 12.7. The molecular weight excluding hydrogens is 340 g/mol. The first-order valence-corrected chi connectivity index (χ1v) is 10.2. The van der Waals surface area contributed by atoms with E-state index in [4.69, 9.17) is 4.98 Å². The Morgan fingerprint density at radius 1 is 1.19 bits per heavy atom. The molecule has 0 saturated carbocycles. The Hall–Kier alpha value is -2.20. The first kappa shape index (κ1) is 17.2. The minimum atomic E-state index is 0.256. The molecule has 3 aromatic rings. The van der Waals surface area contributed by atoms with Crippen LogP contribution in [0.2, 0.25) is 0 Å². The van der Waals surface area contributed by atoms with Crippen LogP contribution in [0.5, 0.6) is 0 Å². The normalized spacial score (nSPS) is 18.8. The minimum Gasteiger partial charge on any atom is -0.342 e. The van der Waals surface area contributed by atoms with Gasteiger partial charge in [0, 0.05) is 25.4 Å². The third kappa shape index (κ3) is 3.65. The van der Waals surface area contributed by atoms with E-state index in [9.17, 15) is 4.79 Å².